The van der Waals surface area contributed by atoms with E-state index in [9.17, 15) is 8.42 Å². The predicted octanol–water partition coefficient (Wildman–Crippen LogP) is 1.52. The highest BCUT2D eigenvalue weighted by atomic mass is 32.2. The minimum Gasteiger partial charge on any atom is -0.399 e. The first-order valence-electron chi connectivity index (χ1n) is 5.61. The zero-order valence-electron chi connectivity index (χ0n) is 9.94. The van der Waals surface area contributed by atoms with Gasteiger partial charge in [-0.2, -0.15) is 0 Å². The minimum absolute atomic E-state index is 0.0500. The lowest BCUT2D eigenvalue weighted by Crippen LogP contribution is -2.16. The van der Waals surface area contributed by atoms with Gasteiger partial charge in [0.05, 0.1) is 5.69 Å². The summed E-state index contributed by atoms with van der Waals surface area (Å²) in [5, 5.41) is 8.20. The molecule has 0 fully saturated rings. The van der Waals surface area contributed by atoms with E-state index >= 15 is 0 Å². The van der Waals surface area contributed by atoms with E-state index in [0.717, 1.165) is 25.8 Å². The highest BCUT2D eigenvalue weighted by Crippen LogP contribution is 2.22. The number of benzene rings is 1. The van der Waals surface area contributed by atoms with Crippen molar-refractivity contribution in [3.05, 3.63) is 18.2 Å². The Morgan fingerprint density at radius 2 is 2.00 bits per heavy atom. The molecule has 0 heterocycles. The molecule has 96 valence electrons. The molecule has 6 heteroatoms. The quantitative estimate of drug-likeness (QED) is 0.531. The summed E-state index contributed by atoms with van der Waals surface area (Å²) in [6.45, 7) is 2.83. The van der Waals surface area contributed by atoms with E-state index in [1.807, 2.05) is 0 Å². The number of nitrogens with two attached hydrogens (primary N) is 2. The van der Waals surface area contributed by atoms with Crippen molar-refractivity contribution in [1.29, 1.82) is 0 Å². The smallest absolute Gasteiger partial charge is 0.240 e. The number of anilines is 2. The number of nitrogen functional groups attached to an aromatic ring is 1. The van der Waals surface area contributed by atoms with Crippen LogP contribution in [0.25, 0.3) is 0 Å². The molecule has 0 bridgehead atoms. The third-order valence-corrected chi connectivity index (χ3v) is 3.36. The van der Waals surface area contributed by atoms with Crippen molar-refractivity contribution in [3.63, 3.8) is 0 Å². The topological polar surface area (TPSA) is 98.2 Å². The van der Waals surface area contributed by atoms with Crippen LogP contribution in [-0.2, 0) is 10.0 Å². The van der Waals surface area contributed by atoms with Crippen molar-refractivity contribution in [2.75, 3.05) is 17.6 Å². The van der Waals surface area contributed by atoms with E-state index in [2.05, 4.69) is 12.2 Å². The van der Waals surface area contributed by atoms with E-state index < -0.39 is 10.0 Å². The van der Waals surface area contributed by atoms with Crippen molar-refractivity contribution >= 4 is 21.4 Å². The molecule has 1 rings (SSSR count). The molecular weight excluding hydrogens is 238 g/mol. The summed E-state index contributed by atoms with van der Waals surface area (Å²) < 4.78 is 22.8. The van der Waals surface area contributed by atoms with Gasteiger partial charge in [-0.1, -0.05) is 19.8 Å². The number of hydrogen-bond donors (Lipinski definition) is 3. The van der Waals surface area contributed by atoms with Crippen LogP contribution in [0.15, 0.2) is 23.1 Å². The highest BCUT2D eigenvalue weighted by Gasteiger charge is 2.13. The molecule has 0 aliphatic rings. The zero-order chi connectivity index (χ0) is 12.9. The van der Waals surface area contributed by atoms with Crippen LogP contribution in [0.2, 0.25) is 0 Å². The molecule has 5 N–H and O–H groups in total. The van der Waals surface area contributed by atoms with Crippen LogP contribution >= 0.6 is 0 Å². The Hall–Kier alpha value is -1.27. The van der Waals surface area contributed by atoms with E-state index in [1.165, 1.54) is 6.07 Å². The van der Waals surface area contributed by atoms with Crippen LogP contribution in [0.3, 0.4) is 0 Å². The molecule has 1 aromatic carbocycles. The lowest BCUT2D eigenvalue weighted by Gasteiger charge is -2.11. The van der Waals surface area contributed by atoms with Crippen LogP contribution < -0.4 is 16.2 Å². The largest absolute Gasteiger partial charge is 0.399 e. The van der Waals surface area contributed by atoms with E-state index in [4.69, 9.17) is 10.9 Å². The van der Waals surface area contributed by atoms with Gasteiger partial charge in [0.2, 0.25) is 10.0 Å². The van der Waals surface area contributed by atoms with E-state index in [-0.39, 0.29) is 4.90 Å². The average Bonchev–Trinajstić information content (AvgIpc) is 2.25. The number of primary sulfonamides is 1. The molecule has 0 aliphatic heterocycles. The average molecular weight is 257 g/mol. The molecule has 1 aromatic rings. The van der Waals surface area contributed by atoms with Crippen molar-refractivity contribution < 1.29 is 8.42 Å². The maximum absolute atomic E-state index is 11.4. The Balaban J connectivity index is 2.84. The normalized spacial score (nSPS) is 11.4. The number of rotatable bonds is 6. The lowest BCUT2D eigenvalue weighted by atomic mass is 10.2. The Labute approximate surface area is 102 Å². The second-order valence-corrected chi connectivity index (χ2v) is 5.46. The van der Waals surface area contributed by atoms with Gasteiger partial charge in [0.25, 0.3) is 0 Å². The summed E-state index contributed by atoms with van der Waals surface area (Å²) in [6, 6.07) is 4.66. The monoisotopic (exact) mass is 257 g/mol. The molecule has 0 spiro atoms. The molecule has 0 aliphatic carbocycles. The van der Waals surface area contributed by atoms with Crippen molar-refractivity contribution in [1.82, 2.24) is 0 Å². The van der Waals surface area contributed by atoms with Crippen molar-refractivity contribution in [2.45, 2.75) is 31.1 Å². The Morgan fingerprint density at radius 1 is 1.29 bits per heavy atom. The first kappa shape index (κ1) is 13.8. The molecule has 0 atom stereocenters. The summed E-state index contributed by atoms with van der Waals surface area (Å²) in [5.74, 6) is 0. The third-order valence-electron chi connectivity index (χ3n) is 2.41. The molecule has 0 saturated heterocycles. The zero-order valence-corrected chi connectivity index (χ0v) is 10.8. The van der Waals surface area contributed by atoms with Gasteiger partial charge in [0.1, 0.15) is 4.90 Å². The number of nitrogens with one attached hydrogen (secondary N) is 1. The van der Waals surface area contributed by atoms with Crippen LogP contribution in [0.4, 0.5) is 11.4 Å². The molecule has 0 aromatic heterocycles. The Morgan fingerprint density at radius 3 is 2.59 bits per heavy atom. The van der Waals surface area contributed by atoms with Crippen LogP contribution in [0, 0.1) is 0 Å². The van der Waals surface area contributed by atoms with Gasteiger partial charge in [-0.15, -0.1) is 0 Å². The summed E-state index contributed by atoms with van der Waals surface area (Å²) in [6.07, 6.45) is 3.21. The first-order chi connectivity index (χ1) is 7.95. The minimum atomic E-state index is -3.74. The van der Waals surface area contributed by atoms with Gasteiger partial charge >= 0.3 is 0 Å². The fourth-order valence-corrected chi connectivity index (χ4v) is 2.27. The SMILES string of the molecule is CCCCCNc1ccc(N)cc1S(N)(=O)=O. The number of unbranched alkanes of at least 4 members (excludes halogenated alkanes) is 2. The Kier molecular flexibility index (Phi) is 4.77. The van der Waals surface area contributed by atoms with Gasteiger partial charge in [-0.3, -0.25) is 0 Å². The Bertz CT molecular complexity index is 472. The summed E-state index contributed by atoms with van der Waals surface area (Å²) in [5.41, 5.74) is 6.45. The second-order valence-electron chi connectivity index (χ2n) is 3.93. The predicted molar refractivity (Wildman–Crippen MR) is 70.2 cm³/mol. The molecule has 17 heavy (non-hydrogen) atoms. The van der Waals surface area contributed by atoms with Crippen molar-refractivity contribution in [2.24, 2.45) is 5.14 Å². The number of sulfonamides is 1. The molecule has 0 amide bonds. The molecular formula is C11H19N3O2S. The lowest BCUT2D eigenvalue weighted by molar-refractivity contribution is 0.598. The summed E-state index contributed by atoms with van der Waals surface area (Å²) in [7, 11) is -3.74. The summed E-state index contributed by atoms with van der Waals surface area (Å²) in [4.78, 5) is 0.0500. The standard InChI is InChI=1S/C11H19N3O2S/c1-2-3-4-7-14-10-6-5-9(12)8-11(10)17(13,15)16/h5-6,8,14H,2-4,7,12H2,1H3,(H2,13,15,16). The molecule has 5 nitrogen and oxygen atoms in total. The fourth-order valence-electron chi connectivity index (χ4n) is 1.52. The molecule has 0 unspecified atom stereocenters. The van der Waals surface area contributed by atoms with Gasteiger partial charge in [-0.05, 0) is 24.6 Å². The van der Waals surface area contributed by atoms with Crippen LogP contribution in [-0.4, -0.2) is 15.0 Å². The first-order valence-corrected chi connectivity index (χ1v) is 7.16. The number of hydrogen-bond acceptors (Lipinski definition) is 4. The van der Waals surface area contributed by atoms with Gasteiger partial charge < -0.3 is 11.1 Å². The summed E-state index contributed by atoms with van der Waals surface area (Å²) >= 11 is 0. The van der Waals surface area contributed by atoms with Crippen LogP contribution in [0.1, 0.15) is 26.2 Å². The van der Waals surface area contributed by atoms with Gasteiger partial charge in [0, 0.05) is 12.2 Å². The van der Waals surface area contributed by atoms with E-state index in [1.54, 1.807) is 12.1 Å². The third kappa shape index (κ3) is 4.24. The molecule has 0 radical (unpaired) electrons. The van der Waals surface area contributed by atoms with E-state index in [0.29, 0.717) is 11.4 Å². The van der Waals surface area contributed by atoms with Gasteiger partial charge in [-0.25, -0.2) is 13.6 Å². The van der Waals surface area contributed by atoms with Crippen LogP contribution in [0.5, 0.6) is 0 Å². The maximum Gasteiger partial charge on any atom is 0.240 e. The van der Waals surface area contributed by atoms with Crippen molar-refractivity contribution in [3.8, 4) is 0 Å². The van der Waals surface area contributed by atoms with Gasteiger partial charge in [0.15, 0.2) is 0 Å². The highest BCUT2D eigenvalue weighted by molar-refractivity contribution is 7.89. The maximum atomic E-state index is 11.4. The molecule has 0 saturated carbocycles. The fraction of sp³-hybridized carbons (Fsp3) is 0.455. The second kappa shape index (κ2) is 5.88.